The fraction of sp³-hybridized carbons (Fsp3) is 0.455. The van der Waals surface area contributed by atoms with Gasteiger partial charge in [-0.15, -0.1) is 5.10 Å². The zero-order valence-electron chi connectivity index (χ0n) is 18.6. The molecule has 5 rings (SSSR count). The molecule has 11 heteroatoms. The molecule has 2 amide bonds. The number of piperidine rings is 1. The Kier molecular flexibility index (Phi) is 5.76. The molecule has 0 atom stereocenters. The van der Waals surface area contributed by atoms with E-state index >= 15 is 0 Å². The van der Waals surface area contributed by atoms with Crippen molar-refractivity contribution in [3.8, 4) is 5.75 Å². The molecule has 0 unspecified atom stereocenters. The third-order valence-corrected chi connectivity index (χ3v) is 6.03. The standard InChI is InChI=1S/C22H26N8O3/c1-33-19-14-18(23-17-9-4-3-8-16(17)19)21(32)29-13-7-12-28(29)20(31)15-30-25-22(24-26-30)27-10-5-2-6-11-27/h3-4,8-9,14H,2,5-7,10-13,15H2,1H3. The van der Waals surface area contributed by atoms with E-state index in [1.807, 2.05) is 24.3 Å². The van der Waals surface area contributed by atoms with Crippen molar-refractivity contribution in [2.45, 2.75) is 32.2 Å². The summed E-state index contributed by atoms with van der Waals surface area (Å²) in [6.45, 7) is 2.60. The number of ether oxygens (including phenoxy) is 1. The minimum Gasteiger partial charge on any atom is -0.496 e. The molecule has 4 heterocycles. The number of hydrogen-bond acceptors (Lipinski definition) is 8. The molecule has 2 aromatic heterocycles. The van der Waals surface area contributed by atoms with Crippen molar-refractivity contribution in [3.05, 3.63) is 36.0 Å². The predicted molar refractivity (Wildman–Crippen MR) is 120 cm³/mol. The third kappa shape index (κ3) is 4.18. The first-order valence-corrected chi connectivity index (χ1v) is 11.2. The Morgan fingerprint density at radius 1 is 1.00 bits per heavy atom. The number of para-hydroxylation sites is 1. The van der Waals surface area contributed by atoms with Crippen LogP contribution >= 0.6 is 0 Å². The van der Waals surface area contributed by atoms with Crippen LogP contribution in [0.15, 0.2) is 30.3 Å². The molecule has 2 aliphatic heterocycles. The van der Waals surface area contributed by atoms with E-state index in [2.05, 4.69) is 25.3 Å². The first-order chi connectivity index (χ1) is 16.1. The van der Waals surface area contributed by atoms with Gasteiger partial charge in [-0.25, -0.2) is 15.0 Å². The van der Waals surface area contributed by atoms with Gasteiger partial charge in [0, 0.05) is 37.6 Å². The van der Waals surface area contributed by atoms with E-state index in [9.17, 15) is 9.59 Å². The molecular weight excluding hydrogens is 424 g/mol. The summed E-state index contributed by atoms with van der Waals surface area (Å²) < 4.78 is 5.46. The quantitative estimate of drug-likeness (QED) is 0.575. The molecule has 0 spiro atoms. The van der Waals surface area contributed by atoms with Crippen LogP contribution in [0.3, 0.4) is 0 Å². The van der Waals surface area contributed by atoms with Crippen LogP contribution in [0.25, 0.3) is 10.9 Å². The smallest absolute Gasteiger partial charge is 0.291 e. The van der Waals surface area contributed by atoms with Crippen LogP contribution < -0.4 is 9.64 Å². The molecule has 2 saturated heterocycles. The summed E-state index contributed by atoms with van der Waals surface area (Å²) in [5.41, 5.74) is 0.894. The second kappa shape index (κ2) is 9.00. The average Bonchev–Trinajstić information content (AvgIpc) is 3.53. The van der Waals surface area contributed by atoms with Gasteiger partial charge in [0.15, 0.2) is 0 Å². The van der Waals surface area contributed by atoms with E-state index in [4.69, 9.17) is 4.74 Å². The van der Waals surface area contributed by atoms with Gasteiger partial charge in [0.25, 0.3) is 17.8 Å². The molecule has 2 fully saturated rings. The van der Waals surface area contributed by atoms with Gasteiger partial charge in [-0.3, -0.25) is 9.59 Å². The summed E-state index contributed by atoms with van der Waals surface area (Å²) in [4.78, 5) is 34.2. The summed E-state index contributed by atoms with van der Waals surface area (Å²) in [6.07, 6.45) is 4.10. The molecule has 11 nitrogen and oxygen atoms in total. The van der Waals surface area contributed by atoms with Gasteiger partial charge in [0.1, 0.15) is 18.0 Å². The first kappa shape index (κ1) is 21.1. The summed E-state index contributed by atoms with van der Waals surface area (Å²) in [7, 11) is 1.56. The highest BCUT2D eigenvalue weighted by molar-refractivity contribution is 5.98. The third-order valence-electron chi connectivity index (χ3n) is 6.03. The number of benzene rings is 1. The molecule has 33 heavy (non-hydrogen) atoms. The molecule has 2 aliphatic rings. The number of hydrazine groups is 1. The lowest BCUT2D eigenvalue weighted by Crippen LogP contribution is -2.46. The van der Waals surface area contributed by atoms with Gasteiger partial charge in [-0.1, -0.05) is 17.2 Å². The molecule has 0 N–H and O–H groups in total. The Morgan fingerprint density at radius 2 is 1.79 bits per heavy atom. The maximum atomic E-state index is 13.3. The number of rotatable bonds is 5. The SMILES string of the molecule is COc1cc(C(=O)N2CCCN2C(=O)Cn2nnc(N3CCCCC3)n2)nc2ccccc12. The van der Waals surface area contributed by atoms with Crippen molar-refractivity contribution < 1.29 is 14.3 Å². The number of carbonyl (C=O) groups excluding carboxylic acids is 2. The van der Waals surface area contributed by atoms with E-state index in [1.54, 1.807) is 13.2 Å². The summed E-state index contributed by atoms with van der Waals surface area (Å²) in [5.74, 6) is 0.504. The summed E-state index contributed by atoms with van der Waals surface area (Å²) in [5, 5.41) is 16.2. The zero-order valence-corrected chi connectivity index (χ0v) is 18.6. The van der Waals surface area contributed by atoms with Crippen molar-refractivity contribution in [2.75, 3.05) is 38.2 Å². The number of methoxy groups -OCH3 is 1. The number of nitrogens with zero attached hydrogens (tertiary/aromatic N) is 8. The van der Waals surface area contributed by atoms with Gasteiger partial charge >= 0.3 is 0 Å². The number of anilines is 1. The number of tetrazole rings is 1. The lowest BCUT2D eigenvalue weighted by atomic mass is 10.1. The number of amides is 2. The second-order valence-electron chi connectivity index (χ2n) is 8.19. The van der Waals surface area contributed by atoms with E-state index in [-0.39, 0.29) is 24.1 Å². The summed E-state index contributed by atoms with van der Waals surface area (Å²) >= 11 is 0. The van der Waals surface area contributed by atoms with Crippen molar-refractivity contribution in [1.29, 1.82) is 0 Å². The fourth-order valence-electron chi connectivity index (χ4n) is 4.36. The molecule has 0 radical (unpaired) electrons. The molecular formula is C22H26N8O3. The van der Waals surface area contributed by atoms with Gasteiger partial charge in [-0.2, -0.15) is 4.80 Å². The number of fused-ring (bicyclic) bond motifs is 1. The zero-order chi connectivity index (χ0) is 22.8. The van der Waals surface area contributed by atoms with Gasteiger partial charge in [0.05, 0.1) is 12.6 Å². The average molecular weight is 451 g/mol. The Morgan fingerprint density at radius 3 is 2.61 bits per heavy atom. The van der Waals surface area contributed by atoms with Gasteiger partial charge in [0.2, 0.25) is 0 Å². The van der Waals surface area contributed by atoms with E-state index in [0.717, 1.165) is 31.3 Å². The highest BCUT2D eigenvalue weighted by Gasteiger charge is 2.33. The maximum Gasteiger partial charge on any atom is 0.291 e. The van der Waals surface area contributed by atoms with Crippen molar-refractivity contribution in [2.24, 2.45) is 0 Å². The van der Waals surface area contributed by atoms with E-state index in [1.165, 1.54) is 21.2 Å². The fourth-order valence-corrected chi connectivity index (χ4v) is 4.36. The second-order valence-corrected chi connectivity index (χ2v) is 8.19. The largest absolute Gasteiger partial charge is 0.496 e. The molecule has 0 aliphatic carbocycles. The van der Waals surface area contributed by atoms with Crippen LogP contribution in [0, 0.1) is 0 Å². The van der Waals surface area contributed by atoms with Crippen LogP contribution in [0.5, 0.6) is 5.75 Å². The number of pyridine rings is 1. The minimum absolute atomic E-state index is 0.0842. The normalized spacial score (nSPS) is 16.5. The number of carbonyl (C=O) groups is 2. The minimum atomic E-state index is -0.342. The predicted octanol–water partition coefficient (Wildman–Crippen LogP) is 1.51. The highest BCUT2D eigenvalue weighted by atomic mass is 16.5. The van der Waals surface area contributed by atoms with E-state index in [0.29, 0.717) is 36.7 Å². The lowest BCUT2D eigenvalue weighted by Gasteiger charge is -2.27. The first-order valence-electron chi connectivity index (χ1n) is 11.2. The van der Waals surface area contributed by atoms with Crippen LogP contribution in [0.2, 0.25) is 0 Å². The maximum absolute atomic E-state index is 13.3. The van der Waals surface area contributed by atoms with Crippen LogP contribution in [-0.4, -0.2) is 80.3 Å². The highest BCUT2D eigenvalue weighted by Crippen LogP contribution is 2.26. The lowest BCUT2D eigenvalue weighted by molar-refractivity contribution is -0.141. The Hall–Kier alpha value is -3.76. The van der Waals surface area contributed by atoms with Crippen LogP contribution in [0.4, 0.5) is 5.95 Å². The van der Waals surface area contributed by atoms with Crippen molar-refractivity contribution in [3.63, 3.8) is 0 Å². The van der Waals surface area contributed by atoms with Gasteiger partial charge in [-0.05, 0) is 43.0 Å². The van der Waals surface area contributed by atoms with Crippen molar-refractivity contribution >= 4 is 28.7 Å². The van der Waals surface area contributed by atoms with Crippen LogP contribution in [-0.2, 0) is 11.3 Å². The number of aromatic nitrogens is 5. The Balaban J connectivity index is 1.32. The van der Waals surface area contributed by atoms with Crippen molar-refractivity contribution in [1.82, 2.24) is 35.2 Å². The Labute approximate surface area is 190 Å². The molecule has 0 saturated carbocycles. The molecule has 1 aromatic carbocycles. The summed E-state index contributed by atoms with van der Waals surface area (Å²) in [6, 6.07) is 9.10. The number of hydrogen-bond donors (Lipinski definition) is 0. The topological polar surface area (TPSA) is 110 Å². The van der Waals surface area contributed by atoms with E-state index < -0.39 is 0 Å². The molecule has 3 aromatic rings. The van der Waals surface area contributed by atoms with Crippen LogP contribution in [0.1, 0.15) is 36.2 Å². The Bertz CT molecular complexity index is 1170. The van der Waals surface area contributed by atoms with Gasteiger partial charge < -0.3 is 9.64 Å². The molecule has 172 valence electrons. The monoisotopic (exact) mass is 450 g/mol. The molecule has 0 bridgehead atoms.